The number of hydrogen-bond donors (Lipinski definition) is 1. The maximum absolute atomic E-state index is 9.76. The van der Waals surface area contributed by atoms with Crippen molar-refractivity contribution in [2.45, 2.75) is 12.8 Å². The lowest BCUT2D eigenvalue weighted by Gasteiger charge is -1.81. The highest BCUT2D eigenvalue weighted by molar-refractivity contribution is 7.71. The maximum Gasteiger partial charge on any atom is 0.303 e. The molecule has 0 rings (SSSR count). The first-order valence-corrected chi connectivity index (χ1v) is 3.40. The second kappa shape index (κ2) is 4.08. The summed E-state index contributed by atoms with van der Waals surface area (Å²) in [6.07, 6.45) is -0.0561. The number of hydrogen-bond acceptors (Lipinski definition) is 3. The third kappa shape index (κ3) is 7.16. The lowest BCUT2D eigenvalue weighted by molar-refractivity contribution is -0.136. The fraction of sp³-hybridized carbons (Fsp3) is 0.500. The summed E-state index contributed by atoms with van der Waals surface area (Å²) in [6, 6.07) is 0. The van der Waals surface area contributed by atoms with E-state index < -0.39 is 16.3 Å². The fourth-order valence-corrected chi connectivity index (χ4v) is 0.589. The van der Waals surface area contributed by atoms with Crippen molar-refractivity contribution in [2.24, 2.45) is 0 Å². The molecule has 0 saturated carbocycles. The average Bonchev–Trinajstić information content (AvgIpc) is 1.63. The zero-order valence-electron chi connectivity index (χ0n) is 4.57. The molecule has 0 aliphatic heterocycles. The van der Waals surface area contributed by atoms with Crippen molar-refractivity contribution in [1.29, 1.82) is 0 Å². The monoisotopic (exact) mass is 150 g/mol. The molecular formula is C4H6O4S. The van der Waals surface area contributed by atoms with Crippen molar-refractivity contribution < 1.29 is 18.3 Å². The van der Waals surface area contributed by atoms with Crippen LogP contribution in [0.25, 0.3) is 0 Å². The van der Waals surface area contributed by atoms with Gasteiger partial charge in [-0.25, -0.2) is 0 Å². The van der Waals surface area contributed by atoms with E-state index in [0.29, 0.717) is 0 Å². The number of carboxylic acids is 1. The molecule has 0 aromatic heterocycles. The number of aliphatic carboxylic acids is 1. The highest BCUT2D eigenvalue weighted by Crippen LogP contribution is 1.81. The average molecular weight is 150 g/mol. The van der Waals surface area contributed by atoms with Gasteiger partial charge in [-0.2, -0.15) is 8.42 Å². The SMILES string of the molecule is O=C(O)CCC=S(=O)=O. The highest BCUT2D eigenvalue weighted by atomic mass is 32.2. The first kappa shape index (κ1) is 8.16. The van der Waals surface area contributed by atoms with E-state index >= 15 is 0 Å². The molecule has 0 amide bonds. The van der Waals surface area contributed by atoms with Crippen molar-refractivity contribution in [3.05, 3.63) is 0 Å². The van der Waals surface area contributed by atoms with E-state index in [1.807, 2.05) is 0 Å². The van der Waals surface area contributed by atoms with Crippen molar-refractivity contribution in [3.63, 3.8) is 0 Å². The summed E-state index contributed by atoms with van der Waals surface area (Å²) in [5.41, 5.74) is 0. The van der Waals surface area contributed by atoms with Crippen molar-refractivity contribution in [1.82, 2.24) is 0 Å². The molecule has 0 aromatic rings. The predicted molar refractivity (Wildman–Crippen MR) is 31.9 cm³/mol. The Morgan fingerprint density at radius 1 is 1.56 bits per heavy atom. The molecule has 0 unspecified atom stereocenters. The van der Waals surface area contributed by atoms with Crippen LogP contribution >= 0.6 is 0 Å². The molecule has 52 valence electrons. The van der Waals surface area contributed by atoms with Gasteiger partial charge in [0.1, 0.15) is 0 Å². The molecule has 0 bridgehead atoms. The van der Waals surface area contributed by atoms with Crippen LogP contribution < -0.4 is 0 Å². The minimum Gasteiger partial charge on any atom is -0.481 e. The van der Waals surface area contributed by atoms with Crippen molar-refractivity contribution in [3.8, 4) is 0 Å². The molecule has 0 fully saturated rings. The lowest BCUT2D eigenvalue weighted by atomic mass is 10.3. The van der Waals surface area contributed by atoms with E-state index in [-0.39, 0.29) is 12.8 Å². The summed E-state index contributed by atoms with van der Waals surface area (Å²) in [5, 5.41) is 8.93. The fourth-order valence-electron chi connectivity index (χ4n) is 0.279. The molecule has 0 aromatic carbocycles. The topological polar surface area (TPSA) is 71.4 Å². The summed E-state index contributed by atoms with van der Waals surface area (Å²) in [4.78, 5) is 9.76. The minimum atomic E-state index is -2.22. The van der Waals surface area contributed by atoms with E-state index in [4.69, 9.17) is 5.11 Å². The van der Waals surface area contributed by atoms with Gasteiger partial charge in [0.15, 0.2) is 0 Å². The number of rotatable bonds is 3. The Bertz CT molecular complexity index is 205. The predicted octanol–water partition coefficient (Wildman–Crippen LogP) is -0.467. The van der Waals surface area contributed by atoms with Gasteiger partial charge in [-0.05, 0) is 6.42 Å². The first-order chi connectivity index (χ1) is 4.13. The van der Waals surface area contributed by atoms with Crippen LogP contribution in [0.15, 0.2) is 0 Å². The van der Waals surface area contributed by atoms with Crippen molar-refractivity contribution in [2.75, 3.05) is 0 Å². The molecule has 5 heteroatoms. The van der Waals surface area contributed by atoms with Gasteiger partial charge in [-0.1, -0.05) is 0 Å². The molecule has 9 heavy (non-hydrogen) atoms. The highest BCUT2D eigenvalue weighted by Gasteiger charge is 1.91. The van der Waals surface area contributed by atoms with Crippen LogP contribution in [0.3, 0.4) is 0 Å². The Morgan fingerprint density at radius 3 is 2.44 bits per heavy atom. The molecule has 0 aliphatic rings. The number of carboxylic acid groups (broad SMARTS) is 1. The van der Waals surface area contributed by atoms with Crippen LogP contribution in [0.1, 0.15) is 12.8 Å². The van der Waals surface area contributed by atoms with Gasteiger partial charge in [0.2, 0.25) is 10.3 Å². The van der Waals surface area contributed by atoms with Crippen molar-refractivity contribution >= 4 is 21.6 Å². The van der Waals surface area contributed by atoms with E-state index in [1.165, 1.54) is 0 Å². The van der Waals surface area contributed by atoms with Crippen LogP contribution in [0, 0.1) is 0 Å². The lowest BCUT2D eigenvalue weighted by Crippen LogP contribution is -1.93. The molecular weight excluding hydrogens is 144 g/mol. The summed E-state index contributed by atoms with van der Waals surface area (Å²) >= 11 is 0. The van der Waals surface area contributed by atoms with E-state index in [1.54, 1.807) is 0 Å². The number of carbonyl (C=O) groups is 1. The quantitative estimate of drug-likeness (QED) is 0.552. The van der Waals surface area contributed by atoms with Gasteiger partial charge in [0, 0.05) is 11.8 Å². The third-order valence-corrected chi connectivity index (χ3v) is 1.12. The standard InChI is InChI=1S/C4H6O4S/c5-4(6)2-1-3-9(7)8/h3H,1-2H2,(H,5,6). The summed E-state index contributed by atoms with van der Waals surface area (Å²) in [6.45, 7) is 0. The first-order valence-electron chi connectivity index (χ1n) is 2.26. The molecule has 1 N–H and O–H groups in total. The van der Waals surface area contributed by atoms with Gasteiger partial charge >= 0.3 is 5.97 Å². The molecule has 4 nitrogen and oxygen atoms in total. The molecule has 0 heterocycles. The Labute approximate surface area is 53.7 Å². The van der Waals surface area contributed by atoms with Crippen LogP contribution in [0.4, 0.5) is 0 Å². The maximum atomic E-state index is 9.76. The van der Waals surface area contributed by atoms with E-state index in [0.717, 1.165) is 5.37 Å². The minimum absolute atomic E-state index is 0.0748. The normalized spacial score (nSPS) is 8.44. The Hall–Kier alpha value is -0.840. The molecule has 0 aliphatic carbocycles. The van der Waals surface area contributed by atoms with E-state index in [9.17, 15) is 13.2 Å². The molecule has 0 atom stereocenters. The zero-order valence-corrected chi connectivity index (χ0v) is 5.39. The Balaban J connectivity index is 3.55. The van der Waals surface area contributed by atoms with Gasteiger partial charge in [0.05, 0.1) is 0 Å². The van der Waals surface area contributed by atoms with Crippen LogP contribution in [-0.2, 0) is 15.1 Å². The Morgan fingerprint density at radius 2 is 2.11 bits per heavy atom. The molecule has 0 spiro atoms. The largest absolute Gasteiger partial charge is 0.481 e. The molecule has 0 radical (unpaired) electrons. The van der Waals surface area contributed by atoms with Gasteiger partial charge in [-0.15, -0.1) is 0 Å². The van der Waals surface area contributed by atoms with Crippen LogP contribution in [0.5, 0.6) is 0 Å². The second-order valence-electron chi connectivity index (χ2n) is 1.36. The molecule has 0 saturated heterocycles. The van der Waals surface area contributed by atoms with Gasteiger partial charge in [-0.3, -0.25) is 4.79 Å². The summed E-state index contributed by atoms with van der Waals surface area (Å²) in [7, 11) is -2.22. The van der Waals surface area contributed by atoms with Gasteiger partial charge in [0.25, 0.3) is 0 Å². The summed E-state index contributed by atoms with van der Waals surface area (Å²) in [5.74, 6) is -0.989. The van der Waals surface area contributed by atoms with Crippen LogP contribution in [0.2, 0.25) is 0 Å². The zero-order chi connectivity index (χ0) is 7.28. The smallest absolute Gasteiger partial charge is 0.303 e. The second-order valence-corrected chi connectivity index (χ2v) is 2.21. The van der Waals surface area contributed by atoms with Gasteiger partial charge < -0.3 is 5.11 Å². The summed E-state index contributed by atoms with van der Waals surface area (Å²) < 4.78 is 19.5. The van der Waals surface area contributed by atoms with Crippen LogP contribution in [-0.4, -0.2) is 24.9 Å². The third-order valence-electron chi connectivity index (χ3n) is 0.612. The Kier molecular flexibility index (Phi) is 3.70. The van der Waals surface area contributed by atoms with E-state index in [2.05, 4.69) is 0 Å².